The molecule has 1 N–H and O–H groups in total. The van der Waals surface area contributed by atoms with Crippen LogP contribution in [0.5, 0.6) is 5.75 Å². The maximum absolute atomic E-state index is 13.3. The van der Waals surface area contributed by atoms with Gasteiger partial charge in [0.1, 0.15) is 11.6 Å². The maximum Gasteiger partial charge on any atom is 0.310 e. The van der Waals surface area contributed by atoms with Crippen molar-refractivity contribution in [1.82, 2.24) is 0 Å². The Balaban J connectivity index is 1.88. The van der Waals surface area contributed by atoms with Crippen molar-refractivity contribution in [2.45, 2.75) is 32.1 Å². The second-order valence-electron chi connectivity index (χ2n) is 5.44. The largest absolute Gasteiger partial charge is 0.494 e. The van der Waals surface area contributed by atoms with Crippen LogP contribution in [0, 0.1) is 5.82 Å². The molecule has 4 heteroatoms. The van der Waals surface area contributed by atoms with Crippen LogP contribution >= 0.6 is 0 Å². The molecule has 0 spiro atoms. The third-order valence-corrected chi connectivity index (χ3v) is 3.76. The van der Waals surface area contributed by atoms with Crippen LogP contribution in [0.4, 0.5) is 4.39 Å². The number of rotatable bonds is 8. The summed E-state index contributed by atoms with van der Waals surface area (Å²) >= 11 is 0. The van der Waals surface area contributed by atoms with Crippen LogP contribution in [0.3, 0.4) is 0 Å². The zero-order valence-electron chi connectivity index (χ0n) is 13.2. The van der Waals surface area contributed by atoms with E-state index < -0.39 is 17.7 Å². The van der Waals surface area contributed by atoms with Crippen LogP contribution in [0.15, 0.2) is 48.5 Å². The molecule has 0 saturated heterocycles. The van der Waals surface area contributed by atoms with Crippen LogP contribution in [0.1, 0.15) is 36.8 Å². The first-order chi connectivity index (χ1) is 11.1. The van der Waals surface area contributed by atoms with Gasteiger partial charge >= 0.3 is 5.97 Å². The van der Waals surface area contributed by atoms with Gasteiger partial charge in [0.25, 0.3) is 0 Å². The standard InChI is InChI=1S/C19H21FO3/c1-2-14-6-3-9-17(12-14)23-11-5-10-18(19(21)22)15-7-4-8-16(20)13-15/h3-4,6-9,12-13,18H,2,5,10-11H2,1H3,(H,21,22). The van der Waals surface area contributed by atoms with E-state index in [-0.39, 0.29) is 0 Å². The Bertz CT molecular complexity index is 655. The summed E-state index contributed by atoms with van der Waals surface area (Å²) in [4.78, 5) is 11.4. The number of benzene rings is 2. The zero-order chi connectivity index (χ0) is 16.7. The lowest BCUT2D eigenvalue weighted by Gasteiger charge is -2.13. The van der Waals surface area contributed by atoms with Crippen molar-refractivity contribution < 1.29 is 19.0 Å². The van der Waals surface area contributed by atoms with Crippen LogP contribution in [0.25, 0.3) is 0 Å². The average molecular weight is 316 g/mol. The summed E-state index contributed by atoms with van der Waals surface area (Å²) in [6, 6.07) is 13.6. The monoisotopic (exact) mass is 316 g/mol. The number of carbonyl (C=O) groups is 1. The van der Waals surface area contributed by atoms with Gasteiger partial charge in [-0.25, -0.2) is 4.39 Å². The highest BCUT2D eigenvalue weighted by atomic mass is 19.1. The molecule has 2 aromatic rings. The molecule has 1 unspecified atom stereocenters. The van der Waals surface area contributed by atoms with Gasteiger partial charge in [0.2, 0.25) is 0 Å². The fraction of sp³-hybridized carbons (Fsp3) is 0.316. The Morgan fingerprint density at radius 2 is 2.00 bits per heavy atom. The first-order valence-corrected chi connectivity index (χ1v) is 7.80. The number of carboxylic acids is 1. The van der Waals surface area contributed by atoms with E-state index in [1.165, 1.54) is 23.8 Å². The number of hydrogen-bond donors (Lipinski definition) is 1. The number of carboxylic acid groups (broad SMARTS) is 1. The predicted octanol–water partition coefficient (Wildman–Crippen LogP) is 4.42. The summed E-state index contributed by atoms with van der Waals surface area (Å²) in [6.07, 6.45) is 1.94. The van der Waals surface area contributed by atoms with Gasteiger partial charge < -0.3 is 9.84 Å². The van der Waals surface area contributed by atoms with Gasteiger partial charge in [-0.1, -0.05) is 31.2 Å². The molecule has 0 fully saturated rings. The molecule has 23 heavy (non-hydrogen) atoms. The SMILES string of the molecule is CCc1cccc(OCCCC(C(=O)O)c2cccc(F)c2)c1. The topological polar surface area (TPSA) is 46.5 Å². The van der Waals surface area contributed by atoms with Crippen molar-refractivity contribution in [3.05, 3.63) is 65.5 Å². The average Bonchev–Trinajstić information content (AvgIpc) is 2.54. The Labute approximate surface area is 135 Å². The lowest BCUT2D eigenvalue weighted by atomic mass is 9.94. The Hall–Kier alpha value is -2.36. The summed E-state index contributed by atoms with van der Waals surface area (Å²) in [5, 5.41) is 9.34. The fourth-order valence-electron chi connectivity index (χ4n) is 2.49. The van der Waals surface area contributed by atoms with Crippen molar-refractivity contribution >= 4 is 5.97 Å². The van der Waals surface area contributed by atoms with E-state index in [2.05, 4.69) is 6.92 Å². The molecule has 0 aliphatic carbocycles. The zero-order valence-corrected chi connectivity index (χ0v) is 13.2. The predicted molar refractivity (Wildman–Crippen MR) is 87.3 cm³/mol. The number of aryl methyl sites for hydroxylation is 1. The normalized spacial score (nSPS) is 11.9. The molecule has 0 heterocycles. The molecule has 3 nitrogen and oxygen atoms in total. The molecule has 122 valence electrons. The third-order valence-electron chi connectivity index (χ3n) is 3.76. The molecule has 0 radical (unpaired) electrons. The van der Waals surface area contributed by atoms with Gasteiger partial charge in [-0.05, 0) is 54.7 Å². The minimum absolute atomic E-state index is 0.409. The number of aliphatic carboxylic acids is 1. The molecule has 0 aliphatic heterocycles. The van der Waals surface area contributed by atoms with Gasteiger partial charge in [0.15, 0.2) is 0 Å². The lowest BCUT2D eigenvalue weighted by Crippen LogP contribution is -2.13. The van der Waals surface area contributed by atoms with E-state index >= 15 is 0 Å². The lowest BCUT2D eigenvalue weighted by molar-refractivity contribution is -0.139. The molecule has 0 aliphatic rings. The third kappa shape index (κ3) is 5.09. The summed E-state index contributed by atoms with van der Waals surface area (Å²) in [5.41, 5.74) is 1.69. The first kappa shape index (κ1) is 17.0. The van der Waals surface area contributed by atoms with E-state index in [0.29, 0.717) is 25.0 Å². The van der Waals surface area contributed by atoms with Gasteiger partial charge in [0.05, 0.1) is 12.5 Å². The molecule has 0 amide bonds. The highest BCUT2D eigenvalue weighted by molar-refractivity contribution is 5.76. The molecule has 0 saturated carbocycles. The maximum atomic E-state index is 13.3. The molecular weight excluding hydrogens is 295 g/mol. The highest BCUT2D eigenvalue weighted by Gasteiger charge is 2.19. The summed E-state index contributed by atoms with van der Waals surface area (Å²) in [6.45, 7) is 2.52. The van der Waals surface area contributed by atoms with E-state index in [0.717, 1.165) is 12.2 Å². The van der Waals surface area contributed by atoms with Crippen molar-refractivity contribution in [2.24, 2.45) is 0 Å². The number of halogens is 1. The minimum Gasteiger partial charge on any atom is -0.494 e. The Morgan fingerprint density at radius 3 is 2.70 bits per heavy atom. The van der Waals surface area contributed by atoms with E-state index in [4.69, 9.17) is 4.74 Å². The van der Waals surface area contributed by atoms with Gasteiger partial charge in [0, 0.05) is 0 Å². The van der Waals surface area contributed by atoms with Gasteiger partial charge in [-0.2, -0.15) is 0 Å². The van der Waals surface area contributed by atoms with Crippen LogP contribution < -0.4 is 4.74 Å². The van der Waals surface area contributed by atoms with Gasteiger partial charge in [-0.3, -0.25) is 4.79 Å². The summed E-state index contributed by atoms with van der Waals surface area (Å²) in [5.74, 6) is -1.27. The first-order valence-electron chi connectivity index (χ1n) is 7.80. The van der Waals surface area contributed by atoms with Crippen LogP contribution in [-0.2, 0) is 11.2 Å². The van der Waals surface area contributed by atoms with Gasteiger partial charge in [-0.15, -0.1) is 0 Å². The Morgan fingerprint density at radius 1 is 1.22 bits per heavy atom. The highest BCUT2D eigenvalue weighted by Crippen LogP contribution is 2.23. The van der Waals surface area contributed by atoms with Crippen LogP contribution in [-0.4, -0.2) is 17.7 Å². The molecule has 0 bridgehead atoms. The van der Waals surface area contributed by atoms with E-state index in [1.54, 1.807) is 6.07 Å². The van der Waals surface area contributed by atoms with E-state index in [9.17, 15) is 14.3 Å². The van der Waals surface area contributed by atoms with Crippen molar-refractivity contribution in [2.75, 3.05) is 6.61 Å². The van der Waals surface area contributed by atoms with E-state index in [1.807, 2.05) is 24.3 Å². The summed E-state index contributed by atoms with van der Waals surface area (Å²) in [7, 11) is 0. The second kappa shape index (κ2) is 8.32. The Kier molecular flexibility index (Phi) is 6.15. The van der Waals surface area contributed by atoms with Crippen molar-refractivity contribution in [3.63, 3.8) is 0 Å². The number of hydrogen-bond acceptors (Lipinski definition) is 2. The quantitative estimate of drug-likeness (QED) is 0.734. The number of ether oxygens (including phenoxy) is 1. The molecule has 0 aromatic heterocycles. The second-order valence-corrected chi connectivity index (χ2v) is 5.44. The van der Waals surface area contributed by atoms with Crippen molar-refractivity contribution in [3.8, 4) is 5.75 Å². The molecular formula is C19H21FO3. The van der Waals surface area contributed by atoms with Crippen molar-refractivity contribution in [1.29, 1.82) is 0 Å². The fourth-order valence-corrected chi connectivity index (χ4v) is 2.49. The summed E-state index contributed by atoms with van der Waals surface area (Å²) < 4.78 is 18.9. The molecule has 2 aromatic carbocycles. The van der Waals surface area contributed by atoms with Crippen LogP contribution in [0.2, 0.25) is 0 Å². The minimum atomic E-state index is -0.941. The smallest absolute Gasteiger partial charge is 0.310 e. The molecule has 1 atom stereocenters. The molecule has 2 rings (SSSR count).